The second kappa shape index (κ2) is 34.1. The van der Waals surface area contributed by atoms with Gasteiger partial charge in [-0.05, 0) is 106 Å². The molecule has 0 amide bonds. The molecule has 2 aromatic heterocycles. The Morgan fingerprint density at radius 3 is 1.04 bits per heavy atom. The van der Waals surface area contributed by atoms with Crippen LogP contribution in [0.4, 0.5) is 75.5 Å². The molecule has 6 heterocycles. The summed E-state index contributed by atoms with van der Waals surface area (Å²) >= 11 is 0. The Bertz CT molecular complexity index is 4450. The predicted octanol–water partition coefficient (Wildman–Crippen LogP) is -2.71. The number of piperazine rings is 4. The number of rotatable bonds is 24. The normalized spacial score (nSPS) is 16.6. The minimum absolute atomic E-state index is 0. The van der Waals surface area contributed by atoms with E-state index in [-0.39, 0.29) is 115 Å². The molecule has 0 aliphatic carbocycles. The number of hydrogen-bond donors (Lipinski definition) is 9. The summed E-state index contributed by atoms with van der Waals surface area (Å²) in [5, 5.41) is 62.3. The molecule has 0 bridgehead atoms. The Labute approximate surface area is 627 Å². The van der Waals surface area contributed by atoms with Crippen LogP contribution in [0, 0.1) is 0 Å². The van der Waals surface area contributed by atoms with E-state index < -0.39 is 58.8 Å². The maximum Gasteiger partial charge on any atom is 1.00 e. The molecular weight excluding hydrogens is 1360 g/mol. The first-order valence-corrected chi connectivity index (χ1v) is 35.3. The van der Waals surface area contributed by atoms with E-state index in [0.717, 1.165) is 90.7 Å². The molecule has 8 aromatic rings. The molecule has 4 fully saturated rings. The quantitative estimate of drug-likeness (QED) is 0.00976. The van der Waals surface area contributed by atoms with E-state index in [4.69, 9.17) is 52.8 Å². The third-order valence-electron chi connectivity index (χ3n) is 17.5. The fourth-order valence-corrected chi connectivity index (χ4v) is 13.5. The third kappa shape index (κ3) is 18.8. The molecule has 0 saturated carbocycles. The standard InChI is InChI=1S/C63H79N25O9S2.2Na/c64-13-17-81-21-29-85(30-22-81)60-71-58(72-61(75-60)86-31-23-82(18-14-65)24-32-86)69-47-9-11-49-42(37-47)39-51(98(92,93)94)53(55(49)89)79-77-45-3-1-41(2-4-45)57(91)68-44-5-7-46(8-6-44)78-80-54-52(99(95,96)97)40-43-38-48(10-12-50(43)56(54)90)70-59-73-62(87-33-25-83(19-15-66)26-34-87)76-63(74-59)88-35-27-84(20-16-67)28-36-88;;/h1-12,37-40,89-90H,13-36,64-67H2,(H,68,91)(H,92,93,94)(H,95,96,97)(H,69,71,72,75)(H,70,73,74,76);;/q;2*+1/p-2. The number of hydrogen-bond acceptors (Lipinski definition) is 31. The number of anilines is 8. The van der Waals surface area contributed by atoms with Gasteiger partial charge in [0.2, 0.25) is 41.6 Å². The summed E-state index contributed by atoms with van der Waals surface area (Å²) in [6.07, 6.45) is 0. The summed E-state index contributed by atoms with van der Waals surface area (Å²) in [5.74, 6) is 0.356. The Kier molecular flexibility index (Phi) is 25.7. The van der Waals surface area contributed by atoms with Crippen molar-refractivity contribution in [2.75, 3.05) is 187 Å². The van der Waals surface area contributed by atoms with Gasteiger partial charge in [0.15, 0.2) is 0 Å². The fourth-order valence-electron chi connectivity index (χ4n) is 12.1. The van der Waals surface area contributed by atoms with Gasteiger partial charge in [-0.15, -0.1) is 10.2 Å². The molecule has 38 heteroatoms. The zero-order valence-corrected chi connectivity index (χ0v) is 61.8. The number of azo groups is 2. The largest absolute Gasteiger partial charge is 1.00 e. The Morgan fingerprint density at radius 2 is 0.733 bits per heavy atom. The predicted molar refractivity (Wildman–Crippen MR) is 374 cm³/mol. The van der Waals surface area contributed by atoms with Crippen molar-refractivity contribution < 1.29 is 100 Å². The van der Waals surface area contributed by atoms with Crippen molar-refractivity contribution in [2.24, 2.45) is 48.4 Å². The van der Waals surface area contributed by atoms with Crippen LogP contribution in [-0.2, 0) is 20.2 Å². The molecule has 0 spiro atoms. The van der Waals surface area contributed by atoms with E-state index in [1.807, 2.05) is 0 Å². The first kappa shape index (κ1) is 76.1. The number of nitrogens with one attached hydrogen (secondary N) is 2. The molecule has 4 aliphatic heterocycles. The number of aliphatic hydroxyl groups excluding tert-OH is 1. The van der Waals surface area contributed by atoms with Crippen LogP contribution in [-0.4, -0.2) is 244 Å². The van der Waals surface area contributed by atoms with Gasteiger partial charge in [-0.25, -0.2) is 4.99 Å². The monoisotopic (exact) mass is 1440 g/mol. The molecule has 13 N–H and O–H groups in total. The van der Waals surface area contributed by atoms with Gasteiger partial charge in [0, 0.05) is 174 Å². The van der Waals surface area contributed by atoms with Gasteiger partial charge in [0.05, 0.1) is 28.4 Å². The van der Waals surface area contributed by atoms with E-state index in [9.17, 15) is 41.3 Å². The molecule has 0 radical (unpaired) electrons. The van der Waals surface area contributed by atoms with Crippen molar-refractivity contribution in [2.45, 2.75) is 9.79 Å². The van der Waals surface area contributed by atoms with Crippen LogP contribution in [0.3, 0.4) is 0 Å². The number of aromatic nitrogens is 6. The molecular formula is C63H77N25Na2O9S2. The summed E-state index contributed by atoms with van der Waals surface area (Å²) in [4.78, 5) is 49.2. The molecule has 12 rings (SSSR count). The second-order valence-corrected chi connectivity index (χ2v) is 26.8. The molecule has 0 unspecified atom stereocenters. The van der Waals surface area contributed by atoms with Gasteiger partial charge in [-0.2, -0.15) is 57.0 Å². The Hall–Kier alpha value is -7.57. The van der Waals surface area contributed by atoms with Gasteiger partial charge >= 0.3 is 59.1 Å². The zero-order chi connectivity index (χ0) is 69.4. The van der Waals surface area contributed by atoms with Crippen molar-refractivity contribution in [3.63, 3.8) is 0 Å². The Morgan fingerprint density at radius 1 is 0.426 bits per heavy atom. The maximum atomic E-state index is 14.0. The van der Waals surface area contributed by atoms with Gasteiger partial charge in [0.1, 0.15) is 9.79 Å². The summed E-state index contributed by atoms with van der Waals surface area (Å²) in [6.45, 7) is 17.0. The molecule has 0 atom stereocenters. The average Bonchev–Trinajstić information content (AvgIpc) is 0.745. The van der Waals surface area contributed by atoms with E-state index in [1.54, 1.807) is 24.3 Å². The Balaban J connectivity index is 0.00000550. The van der Waals surface area contributed by atoms with Crippen molar-refractivity contribution in [3.05, 3.63) is 103 Å². The van der Waals surface area contributed by atoms with Gasteiger partial charge in [0.25, 0.3) is 20.2 Å². The number of nitrogens with two attached hydrogens (primary N) is 4. The van der Waals surface area contributed by atoms with Crippen LogP contribution < -0.4 is 122 Å². The van der Waals surface area contributed by atoms with E-state index in [2.05, 4.69) is 75.3 Å². The van der Waals surface area contributed by atoms with Crippen molar-refractivity contribution in [1.29, 1.82) is 0 Å². The van der Waals surface area contributed by atoms with E-state index in [1.165, 1.54) is 60.7 Å². The molecule has 522 valence electrons. The third-order valence-corrected chi connectivity index (χ3v) is 19.2. The van der Waals surface area contributed by atoms with Crippen LogP contribution in [0.5, 0.6) is 11.5 Å². The summed E-state index contributed by atoms with van der Waals surface area (Å²) < 4.78 is 72.4. The molecule has 101 heavy (non-hydrogen) atoms. The summed E-state index contributed by atoms with van der Waals surface area (Å²) in [6, 6.07) is 23.2. The van der Waals surface area contributed by atoms with Crippen LogP contribution in [0.2, 0.25) is 0 Å². The van der Waals surface area contributed by atoms with E-state index >= 15 is 0 Å². The first-order valence-electron chi connectivity index (χ1n) is 32.4. The van der Waals surface area contributed by atoms with Crippen molar-refractivity contribution in [3.8, 4) is 11.5 Å². The smallest absolute Gasteiger partial charge is 0.871 e. The van der Waals surface area contributed by atoms with Crippen molar-refractivity contribution in [1.82, 2.24) is 49.5 Å². The van der Waals surface area contributed by atoms with Gasteiger partial charge < -0.3 is 68.5 Å². The molecule has 34 nitrogen and oxygen atoms in total. The summed E-state index contributed by atoms with van der Waals surface area (Å²) in [5.41, 5.74) is 23.7. The fraction of sp³-hybridized carbons (Fsp3) is 0.381. The number of fused-ring (bicyclic) bond motifs is 2. The van der Waals surface area contributed by atoms with Crippen LogP contribution in [0.25, 0.3) is 21.5 Å². The van der Waals surface area contributed by atoms with Crippen LogP contribution >= 0.6 is 0 Å². The van der Waals surface area contributed by atoms with Gasteiger partial charge in [-0.3, -0.25) is 28.7 Å². The maximum absolute atomic E-state index is 14.0. The first-order chi connectivity index (χ1) is 47.8. The molecule has 4 aliphatic rings. The van der Waals surface area contributed by atoms with E-state index in [0.29, 0.717) is 114 Å². The molecule has 6 aromatic carbocycles. The van der Waals surface area contributed by atoms with Crippen LogP contribution in [0.1, 0.15) is 5.56 Å². The van der Waals surface area contributed by atoms with Crippen molar-refractivity contribution >= 4 is 123 Å². The molecule has 4 saturated heterocycles. The zero-order valence-electron chi connectivity index (χ0n) is 56.1. The SMILES string of the molecule is NCCN1CCN(c2nc(Nc3ccc4c([O-])c(N=Nc5ccc(N=C(O)c6ccc(N=Nc7c(S(=O)(=O)O)cc8cc(Nc9nc(N%10CCN(CCN)CC%10)nc(N%10CCN(CCN)CC%10)n9)ccc8c7[O-])cc6)cc5)c(S(=O)(=O)O)cc4c3)nc(N3CCN(CCN)CC3)n2)CC1.[Na+].[Na+]. The number of aliphatic imine (C=N–C) groups is 1. The minimum atomic E-state index is -5.03. The summed E-state index contributed by atoms with van der Waals surface area (Å²) in [7, 11) is -10.1. The second-order valence-electron chi connectivity index (χ2n) is 24.1. The average molecular weight is 1440 g/mol. The number of benzene rings is 6. The number of aliphatic hydroxyl groups is 1. The van der Waals surface area contributed by atoms with Crippen LogP contribution in [0.15, 0.2) is 132 Å². The topological polar surface area (TPSA) is 468 Å². The minimum Gasteiger partial charge on any atom is -0.871 e. The van der Waals surface area contributed by atoms with Gasteiger partial charge in [-0.1, -0.05) is 23.6 Å². The number of nitrogens with zero attached hydrogens (tertiary/aromatic N) is 19.